The highest BCUT2D eigenvalue weighted by Crippen LogP contribution is 2.13. The Balaban J connectivity index is 1.90. The number of imidazole rings is 1. The zero-order chi connectivity index (χ0) is 13.7. The summed E-state index contributed by atoms with van der Waals surface area (Å²) in [5, 5.41) is 0. The molecule has 2 rings (SSSR count). The standard InChI is InChI=1S/C14H23N3O2/c1-3-19-14(18)13-10-16(11-15-13)9-12(2)17-7-5-4-6-8-17/h10-12H,3-9H2,1-2H3. The van der Waals surface area contributed by atoms with Crippen molar-refractivity contribution < 1.29 is 9.53 Å². The molecule has 1 unspecified atom stereocenters. The van der Waals surface area contributed by atoms with Crippen molar-refractivity contribution in [1.29, 1.82) is 0 Å². The van der Waals surface area contributed by atoms with Crippen LogP contribution in [0.3, 0.4) is 0 Å². The summed E-state index contributed by atoms with van der Waals surface area (Å²) >= 11 is 0. The van der Waals surface area contributed by atoms with Gasteiger partial charge in [0, 0.05) is 18.8 Å². The van der Waals surface area contributed by atoms with E-state index in [0.29, 0.717) is 18.3 Å². The van der Waals surface area contributed by atoms with E-state index < -0.39 is 0 Å². The number of rotatable bonds is 5. The molecule has 2 heterocycles. The number of aromatic nitrogens is 2. The van der Waals surface area contributed by atoms with E-state index in [-0.39, 0.29) is 5.97 Å². The number of hydrogen-bond donors (Lipinski definition) is 0. The maximum absolute atomic E-state index is 11.5. The van der Waals surface area contributed by atoms with E-state index in [4.69, 9.17) is 4.74 Å². The van der Waals surface area contributed by atoms with Crippen LogP contribution in [0.2, 0.25) is 0 Å². The van der Waals surface area contributed by atoms with Crippen LogP contribution in [0, 0.1) is 0 Å². The van der Waals surface area contributed by atoms with E-state index in [1.54, 1.807) is 19.4 Å². The summed E-state index contributed by atoms with van der Waals surface area (Å²) < 4.78 is 6.92. The quantitative estimate of drug-likeness (QED) is 0.763. The van der Waals surface area contributed by atoms with Crippen LogP contribution in [-0.4, -0.2) is 46.2 Å². The number of esters is 1. The Morgan fingerprint density at radius 2 is 2.16 bits per heavy atom. The molecule has 5 heteroatoms. The minimum Gasteiger partial charge on any atom is -0.461 e. The molecular weight excluding hydrogens is 242 g/mol. The first kappa shape index (κ1) is 14.1. The number of likely N-dealkylation sites (tertiary alicyclic amines) is 1. The highest BCUT2D eigenvalue weighted by molar-refractivity contribution is 5.86. The van der Waals surface area contributed by atoms with Gasteiger partial charge in [-0.05, 0) is 39.8 Å². The van der Waals surface area contributed by atoms with Gasteiger partial charge in [0.05, 0.1) is 12.9 Å². The average Bonchev–Trinajstić information content (AvgIpc) is 2.88. The summed E-state index contributed by atoms with van der Waals surface area (Å²) in [6.45, 7) is 7.64. The fourth-order valence-electron chi connectivity index (χ4n) is 2.55. The lowest BCUT2D eigenvalue weighted by molar-refractivity contribution is 0.0520. The zero-order valence-electron chi connectivity index (χ0n) is 11.8. The fraction of sp³-hybridized carbons (Fsp3) is 0.714. The lowest BCUT2D eigenvalue weighted by Crippen LogP contribution is -2.39. The summed E-state index contributed by atoms with van der Waals surface area (Å²) in [5.74, 6) is -0.341. The van der Waals surface area contributed by atoms with Crippen molar-refractivity contribution in [2.75, 3.05) is 19.7 Å². The summed E-state index contributed by atoms with van der Waals surface area (Å²) in [6.07, 6.45) is 7.43. The lowest BCUT2D eigenvalue weighted by Gasteiger charge is -2.32. The third kappa shape index (κ3) is 3.80. The average molecular weight is 265 g/mol. The van der Waals surface area contributed by atoms with Gasteiger partial charge in [-0.2, -0.15) is 0 Å². The predicted molar refractivity (Wildman–Crippen MR) is 73.1 cm³/mol. The maximum atomic E-state index is 11.5. The van der Waals surface area contributed by atoms with Crippen molar-refractivity contribution in [3.8, 4) is 0 Å². The molecule has 1 saturated heterocycles. The van der Waals surface area contributed by atoms with Crippen molar-refractivity contribution in [3.63, 3.8) is 0 Å². The predicted octanol–water partition coefficient (Wildman–Crippen LogP) is 1.93. The molecule has 5 nitrogen and oxygen atoms in total. The number of piperidine rings is 1. The second kappa shape index (κ2) is 6.70. The molecule has 1 aliphatic heterocycles. The van der Waals surface area contributed by atoms with Gasteiger partial charge in [-0.3, -0.25) is 4.90 Å². The minimum atomic E-state index is -0.341. The largest absolute Gasteiger partial charge is 0.461 e. The van der Waals surface area contributed by atoms with Gasteiger partial charge in [-0.15, -0.1) is 0 Å². The molecule has 0 amide bonds. The number of ether oxygens (including phenoxy) is 1. The Hall–Kier alpha value is -1.36. The molecule has 1 fully saturated rings. The van der Waals surface area contributed by atoms with Crippen LogP contribution in [0.15, 0.2) is 12.5 Å². The normalized spacial score (nSPS) is 18.2. The molecule has 0 aromatic carbocycles. The monoisotopic (exact) mass is 265 g/mol. The molecular formula is C14H23N3O2. The van der Waals surface area contributed by atoms with Crippen LogP contribution in [-0.2, 0) is 11.3 Å². The SMILES string of the molecule is CCOC(=O)c1cn(CC(C)N2CCCCC2)cn1. The van der Waals surface area contributed by atoms with Crippen molar-refractivity contribution in [3.05, 3.63) is 18.2 Å². The van der Waals surface area contributed by atoms with Gasteiger partial charge < -0.3 is 9.30 Å². The van der Waals surface area contributed by atoms with Crippen molar-refractivity contribution in [2.45, 2.75) is 45.7 Å². The van der Waals surface area contributed by atoms with Crippen LogP contribution < -0.4 is 0 Å². The molecule has 19 heavy (non-hydrogen) atoms. The fourth-order valence-corrected chi connectivity index (χ4v) is 2.55. The summed E-state index contributed by atoms with van der Waals surface area (Å²) in [4.78, 5) is 18.1. The van der Waals surface area contributed by atoms with E-state index in [2.05, 4.69) is 16.8 Å². The highest BCUT2D eigenvalue weighted by Gasteiger charge is 2.17. The second-order valence-corrected chi connectivity index (χ2v) is 5.12. The number of hydrogen-bond acceptors (Lipinski definition) is 4. The highest BCUT2D eigenvalue weighted by atomic mass is 16.5. The zero-order valence-corrected chi connectivity index (χ0v) is 11.8. The first-order chi connectivity index (χ1) is 9.20. The number of carbonyl (C=O) groups is 1. The van der Waals surface area contributed by atoms with Gasteiger partial charge in [0.15, 0.2) is 5.69 Å². The van der Waals surface area contributed by atoms with Crippen molar-refractivity contribution in [2.24, 2.45) is 0 Å². The van der Waals surface area contributed by atoms with Crippen LogP contribution >= 0.6 is 0 Å². The molecule has 0 bridgehead atoms. The second-order valence-electron chi connectivity index (χ2n) is 5.12. The molecule has 1 atom stereocenters. The molecule has 0 spiro atoms. The summed E-state index contributed by atoms with van der Waals surface area (Å²) in [6, 6.07) is 0.476. The van der Waals surface area contributed by atoms with Crippen molar-refractivity contribution in [1.82, 2.24) is 14.5 Å². The smallest absolute Gasteiger partial charge is 0.358 e. The molecule has 0 saturated carbocycles. The van der Waals surface area contributed by atoms with Gasteiger partial charge in [-0.25, -0.2) is 9.78 Å². The summed E-state index contributed by atoms with van der Waals surface area (Å²) in [7, 11) is 0. The molecule has 106 valence electrons. The van der Waals surface area contributed by atoms with Gasteiger partial charge in [-0.1, -0.05) is 6.42 Å². The Morgan fingerprint density at radius 1 is 1.42 bits per heavy atom. The van der Waals surface area contributed by atoms with Gasteiger partial charge >= 0.3 is 5.97 Å². The molecule has 0 radical (unpaired) electrons. The van der Waals surface area contributed by atoms with E-state index in [9.17, 15) is 4.79 Å². The van der Waals surface area contributed by atoms with E-state index in [0.717, 1.165) is 6.54 Å². The Labute approximate surface area is 114 Å². The Kier molecular flexibility index (Phi) is 4.96. The third-order valence-corrected chi connectivity index (χ3v) is 3.61. The van der Waals surface area contributed by atoms with Crippen LogP contribution in [0.1, 0.15) is 43.6 Å². The first-order valence-electron chi connectivity index (χ1n) is 7.13. The minimum absolute atomic E-state index is 0.341. The number of nitrogens with zero attached hydrogens (tertiary/aromatic N) is 3. The van der Waals surface area contributed by atoms with E-state index >= 15 is 0 Å². The summed E-state index contributed by atoms with van der Waals surface area (Å²) in [5.41, 5.74) is 0.396. The van der Waals surface area contributed by atoms with Gasteiger partial charge in [0.2, 0.25) is 0 Å². The van der Waals surface area contributed by atoms with E-state index in [1.165, 1.54) is 32.4 Å². The molecule has 0 N–H and O–H groups in total. The van der Waals surface area contributed by atoms with Crippen LogP contribution in [0.25, 0.3) is 0 Å². The third-order valence-electron chi connectivity index (χ3n) is 3.61. The Bertz CT molecular complexity index is 411. The first-order valence-corrected chi connectivity index (χ1v) is 7.13. The Morgan fingerprint density at radius 3 is 2.84 bits per heavy atom. The molecule has 0 aliphatic carbocycles. The van der Waals surface area contributed by atoms with Gasteiger partial charge in [0.1, 0.15) is 0 Å². The van der Waals surface area contributed by atoms with Crippen molar-refractivity contribution >= 4 is 5.97 Å². The molecule has 1 aromatic rings. The maximum Gasteiger partial charge on any atom is 0.358 e. The van der Waals surface area contributed by atoms with Gasteiger partial charge in [0.25, 0.3) is 0 Å². The topological polar surface area (TPSA) is 47.4 Å². The molecule has 1 aromatic heterocycles. The number of carbonyl (C=O) groups excluding carboxylic acids is 1. The van der Waals surface area contributed by atoms with Crippen LogP contribution in [0.4, 0.5) is 0 Å². The van der Waals surface area contributed by atoms with Crippen LogP contribution in [0.5, 0.6) is 0 Å². The molecule has 1 aliphatic rings. The lowest BCUT2D eigenvalue weighted by atomic mass is 10.1. The van der Waals surface area contributed by atoms with E-state index in [1.807, 2.05) is 4.57 Å².